The van der Waals surface area contributed by atoms with Crippen LogP contribution in [0.15, 0.2) is 53.6 Å². The van der Waals surface area contributed by atoms with Crippen LogP contribution in [0.3, 0.4) is 0 Å². The SMILES string of the molecule is CC(C)(C)NS(=O)(=O)c1cc(C(=O)Nc2cccc(-c3cn4c(n3)CCCC4)c2)ccc1Cl. The second kappa shape index (κ2) is 8.93. The molecule has 0 saturated carbocycles. The number of imidazole rings is 1. The van der Waals surface area contributed by atoms with Crippen LogP contribution in [0.25, 0.3) is 11.3 Å². The normalized spacial score (nSPS) is 14.1. The summed E-state index contributed by atoms with van der Waals surface area (Å²) in [5.41, 5.74) is 1.87. The third kappa shape index (κ3) is 5.46. The fourth-order valence-electron chi connectivity index (χ4n) is 3.82. The van der Waals surface area contributed by atoms with Gasteiger partial charge >= 0.3 is 0 Å². The average Bonchev–Trinajstić information content (AvgIpc) is 3.17. The first kappa shape index (κ1) is 23.5. The minimum Gasteiger partial charge on any atom is -0.334 e. The van der Waals surface area contributed by atoms with Gasteiger partial charge in [0.1, 0.15) is 10.7 Å². The van der Waals surface area contributed by atoms with E-state index in [9.17, 15) is 13.2 Å². The van der Waals surface area contributed by atoms with Crippen LogP contribution in [-0.2, 0) is 23.0 Å². The zero-order chi connectivity index (χ0) is 23.8. The highest BCUT2D eigenvalue weighted by atomic mass is 35.5. The van der Waals surface area contributed by atoms with Crippen molar-refractivity contribution in [2.45, 2.75) is 57.0 Å². The number of anilines is 1. The van der Waals surface area contributed by atoms with Crippen LogP contribution in [0.2, 0.25) is 5.02 Å². The number of halogens is 1. The maximum atomic E-state index is 12.9. The van der Waals surface area contributed by atoms with E-state index in [1.165, 1.54) is 18.2 Å². The molecule has 4 rings (SSSR count). The summed E-state index contributed by atoms with van der Waals surface area (Å²) in [7, 11) is -3.89. The molecule has 1 aromatic heterocycles. The number of carbonyl (C=O) groups is 1. The van der Waals surface area contributed by atoms with Gasteiger partial charge in [-0.15, -0.1) is 0 Å². The number of fused-ring (bicyclic) bond motifs is 1. The maximum Gasteiger partial charge on any atom is 0.255 e. The van der Waals surface area contributed by atoms with Crippen molar-refractivity contribution in [3.8, 4) is 11.3 Å². The highest BCUT2D eigenvalue weighted by Gasteiger charge is 2.25. The molecule has 2 heterocycles. The molecule has 0 unspecified atom stereocenters. The van der Waals surface area contributed by atoms with Crippen LogP contribution >= 0.6 is 11.6 Å². The Morgan fingerprint density at radius 3 is 2.64 bits per heavy atom. The Balaban J connectivity index is 1.57. The summed E-state index contributed by atoms with van der Waals surface area (Å²) in [6, 6.07) is 11.7. The van der Waals surface area contributed by atoms with E-state index < -0.39 is 21.5 Å². The van der Waals surface area contributed by atoms with Crippen molar-refractivity contribution in [1.82, 2.24) is 14.3 Å². The Labute approximate surface area is 199 Å². The topological polar surface area (TPSA) is 93.1 Å². The fourth-order valence-corrected chi connectivity index (χ4v) is 5.77. The molecule has 2 N–H and O–H groups in total. The lowest BCUT2D eigenvalue weighted by Crippen LogP contribution is -2.40. The van der Waals surface area contributed by atoms with Gasteiger partial charge in [-0.05, 0) is 63.9 Å². The third-order valence-corrected chi connectivity index (χ3v) is 7.49. The lowest BCUT2D eigenvalue weighted by Gasteiger charge is -2.21. The van der Waals surface area contributed by atoms with E-state index in [2.05, 4.69) is 14.6 Å². The van der Waals surface area contributed by atoms with Crippen LogP contribution in [-0.4, -0.2) is 29.4 Å². The zero-order valence-electron chi connectivity index (χ0n) is 18.9. The first-order chi connectivity index (χ1) is 15.5. The second-order valence-electron chi connectivity index (χ2n) is 9.23. The van der Waals surface area contributed by atoms with E-state index in [4.69, 9.17) is 16.6 Å². The summed E-state index contributed by atoms with van der Waals surface area (Å²) < 4.78 is 30.2. The van der Waals surface area contributed by atoms with Crippen LogP contribution in [0.5, 0.6) is 0 Å². The molecule has 9 heteroatoms. The van der Waals surface area contributed by atoms with Crippen LogP contribution < -0.4 is 10.0 Å². The molecule has 2 aromatic carbocycles. The number of benzene rings is 2. The zero-order valence-corrected chi connectivity index (χ0v) is 20.4. The van der Waals surface area contributed by atoms with Crippen molar-refractivity contribution in [2.24, 2.45) is 0 Å². The summed E-state index contributed by atoms with van der Waals surface area (Å²) in [5, 5.41) is 2.89. The molecule has 0 fully saturated rings. The van der Waals surface area contributed by atoms with Crippen molar-refractivity contribution < 1.29 is 13.2 Å². The molecule has 174 valence electrons. The second-order valence-corrected chi connectivity index (χ2v) is 11.3. The molecule has 0 aliphatic carbocycles. The molecule has 3 aromatic rings. The lowest BCUT2D eigenvalue weighted by molar-refractivity contribution is 0.102. The predicted molar refractivity (Wildman–Crippen MR) is 130 cm³/mol. The van der Waals surface area contributed by atoms with Crippen LogP contribution in [0.1, 0.15) is 49.8 Å². The van der Waals surface area contributed by atoms with Gasteiger partial charge in [0.15, 0.2) is 0 Å². The van der Waals surface area contributed by atoms with Crippen molar-refractivity contribution in [3.05, 3.63) is 65.1 Å². The Kier molecular flexibility index (Phi) is 6.35. The molecule has 33 heavy (non-hydrogen) atoms. The first-order valence-electron chi connectivity index (χ1n) is 10.8. The molecule has 0 spiro atoms. The van der Waals surface area contributed by atoms with Gasteiger partial charge in [0.25, 0.3) is 5.91 Å². The molecular formula is C24H27ClN4O3S. The van der Waals surface area contributed by atoms with E-state index in [1.807, 2.05) is 24.4 Å². The lowest BCUT2D eigenvalue weighted by atomic mass is 10.1. The van der Waals surface area contributed by atoms with Crippen molar-refractivity contribution in [2.75, 3.05) is 5.32 Å². The van der Waals surface area contributed by atoms with E-state index in [1.54, 1.807) is 26.8 Å². The summed E-state index contributed by atoms with van der Waals surface area (Å²) in [4.78, 5) is 17.5. The van der Waals surface area contributed by atoms with Gasteiger partial charge in [-0.2, -0.15) is 0 Å². The quantitative estimate of drug-likeness (QED) is 0.538. The number of carbonyl (C=O) groups excluding carboxylic acids is 1. The van der Waals surface area contributed by atoms with E-state index in [0.29, 0.717) is 5.69 Å². The average molecular weight is 487 g/mol. The van der Waals surface area contributed by atoms with Crippen molar-refractivity contribution in [1.29, 1.82) is 0 Å². The number of rotatable bonds is 5. The molecule has 0 bridgehead atoms. The van der Waals surface area contributed by atoms with E-state index in [-0.39, 0.29) is 15.5 Å². The van der Waals surface area contributed by atoms with Gasteiger partial charge in [-0.3, -0.25) is 4.79 Å². The number of nitrogens with one attached hydrogen (secondary N) is 2. The van der Waals surface area contributed by atoms with Gasteiger partial charge in [0, 0.05) is 41.5 Å². The molecule has 1 aliphatic rings. The van der Waals surface area contributed by atoms with Gasteiger partial charge in [-0.25, -0.2) is 18.1 Å². The van der Waals surface area contributed by atoms with Gasteiger partial charge in [0.05, 0.1) is 10.7 Å². The number of hydrogen-bond acceptors (Lipinski definition) is 4. The smallest absolute Gasteiger partial charge is 0.255 e. The van der Waals surface area contributed by atoms with Gasteiger partial charge < -0.3 is 9.88 Å². The Hall–Kier alpha value is -2.68. The third-order valence-electron chi connectivity index (χ3n) is 5.25. The number of aryl methyl sites for hydroxylation is 2. The van der Waals surface area contributed by atoms with E-state index in [0.717, 1.165) is 42.9 Å². The molecular weight excluding hydrogens is 460 g/mol. The van der Waals surface area contributed by atoms with Crippen molar-refractivity contribution in [3.63, 3.8) is 0 Å². The van der Waals surface area contributed by atoms with Gasteiger partial charge in [-0.1, -0.05) is 23.7 Å². The molecule has 7 nitrogen and oxygen atoms in total. The first-order valence-corrected chi connectivity index (χ1v) is 12.7. The van der Waals surface area contributed by atoms with Crippen LogP contribution in [0.4, 0.5) is 5.69 Å². The summed E-state index contributed by atoms with van der Waals surface area (Å²) in [6.45, 7) is 6.18. The summed E-state index contributed by atoms with van der Waals surface area (Å²) >= 11 is 6.15. The fraction of sp³-hybridized carbons (Fsp3) is 0.333. The number of nitrogens with zero attached hydrogens (tertiary/aromatic N) is 2. The van der Waals surface area contributed by atoms with Gasteiger partial charge in [0.2, 0.25) is 10.0 Å². The number of sulfonamides is 1. The standard InChI is InChI=1S/C24H27ClN4O3S/c1-24(2,3)28-33(31,32)21-14-17(10-11-19(21)25)23(30)26-18-8-6-7-16(13-18)20-15-29-12-5-4-9-22(29)27-20/h6-8,10-11,13-15,28H,4-5,9,12H2,1-3H3,(H,26,30). The molecule has 1 amide bonds. The largest absolute Gasteiger partial charge is 0.334 e. The number of aromatic nitrogens is 2. The monoisotopic (exact) mass is 486 g/mol. The minimum absolute atomic E-state index is 0.0500. The molecule has 1 aliphatic heterocycles. The minimum atomic E-state index is -3.89. The Morgan fingerprint density at radius 2 is 1.91 bits per heavy atom. The highest BCUT2D eigenvalue weighted by Crippen LogP contribution is 2.27. The number of amides is 1. The highest BCUT2D eigenvalue weighted by molar-refractivity contribution is 7.89. The predicted octanol–water partition coefficient (Wildman–Crippen LogP) is 4.87. The van der Waals surface area contributed by atoms with Crippen LogP contribution in [0, 0.1) is 0 Å². The maximum absolute atomic E-state index is 12.9. The molecule has 0 radical (unpaired) electrons. The summed E-state index contributed by atoms with van der Waals surface area (Å²) in [5.74, 6) is 0.657. The van der Waals surface area contributed by atoms with E-state index >= 15 is 0 Å². The molecule has 0 atom stereocenters. The summed E-state index contributed by atoms with van der Waals surface area (Å²) in [6.07, 6.45) is 5.33. The number of hydrogen-bond donors (Lipinski definition) is 2. The Bertz CT molecular complexity index is 1290. The van der Waals surface area contributed by atoms with Crippen molar-refractivity contribution >= 4 is 33.2 Å². The Morgan fingerprint density at radius 1 is 1.12 bits per heavy atom. The molecule has 0 saturated heterocycles.